The molecule has 2 atom stereocenters. The number of carbonyl (C=O) groups is 1. The number of carbonyl (C=O) groups excluding carboxylic acids is 1. The molecule has 2 aliphatic rings. The van der Waals surface area contributed by atoms with Crippen LogP contribution in [-0.2, 0) is 16.0 Å². The highest BCUT2D eigenvalue weighted by Crippen LogP contribution is 2.25. The minimum atomic E-state index is -0.226. The Balaban J connectivity index is 1.66. The van der Waals surface area contributed by atoms with Crippen LogP contribution in [0, 0.1) is 0 Å². The topological polar surface area (TPSA) is 74.3 Å². The number of aromatic nitrogens is 3. The maximum atomic E-state index is 13.1. The van der Waals surface area contributed by atoms with Crippen molar-refractivity contribution in [2.45, 2.75) is 71.1 Å². The summed E-state index contributed by atoms with van der Waals surface area (Å²) in [6, 6.07) is 0.408. The van der Waals surface area contributed by atoms with Gasteiger partial charge in [-0.05, 0) is 39.7 Å². The fourth-order valence-corrected chi connectivity index (χ4v) is 3.86. The van der Waals surface area contributed by atoms with Gasteiger partial charge in [-0.25, -0.2) is 4.98 Å². The lowest BCUT2D eigenvalue weighted by atomic mass is 9.98. The molecule has 3 rings (SSSR count). The highest BCUT2D eigenvalue weighted by molar-refractivity contribution is 5.82. The number of piperidine rings is 1. The summed E-state index contributed by atoms with van der Waals surface area (Å²) in [6.45, 7) is 9.23. The van der Waals surface area contributed by atoms with Gasteiger partial charge in [0.05, 0.1) is 19.2 Å². The molecule has 0 bridgehead atoms. The van der Waals surface area contributed by atoms with E-state index in [4.69, 9.17) is 4.74 Å². The Kier molecular flexibility index (Phi) is 6.06. The van der Waals surface area contributed by atoms with Gasteiger partial charge in [0.15, 0.2) is 5.82 Å². The number of nitrogens with zero attached hydrogens (tertiary/aromatic N) is 4. The summed E-state index contributed by atoms with van der Waals surface area (Å²) in [4.78, 5) is 22.0. The number of aromatic amines is 1. The van der Waals surface area contributed by atoms with Crippen LogP contribution in [0.2, 0.25) is 0 Å². The van der Waals surface area contributed by atoms with Crippen LogP contribution >= 0.6 is 0 Å². The summed E-state index contributed by atoms with van der Waals surface area (Å²) in [7, 11) is 0. The molecule has 25 heavy (non-hydrogen) atoms. The zero-order valence-corrected chi connectivity index (χ0v) is 15.7. The summed E-state index contributed by atoms with van der Waals surface area (Å²) in [5, 5.41) is 7.28. The van der Waals surface area contributed by atoms with Crippen molar-refractivity contribution in [3.8, 4) is 0 Å². The van der Waals surface area contributed by atoms with Gasteiger partial charge in [-0.1, -0.05) is 13.3 Å². The van der Waals surface area contributed by atoms with Crippen LogP contribution in [-0.4, -0.2) is 69.2 Å². The minimum Gasteiger partial charge on any atom is -0.366 e. The molecule has 1 aromatic heterocycles. The maximum Gasteiger partial charge on any atom is 0.240 e. The maximum absolute atomic E-state index is 13.1. The van der Waals surface area contributed by atoms with E-state index in [1.165, 1.54) is 6.42 Å². The summed E-state index contributed by atoms with van der Waals surface area (Å²) >= 11 is 0. The number of aryl methyl sites for hydroxylation is 1. The normalized spacial score (nSPS) is 25.5. The van der Waals surface area contributed by atoms with E-state index >= 15 is 0 Å². The molecule has 1 amide bonds. The second-order valence-electron chi connectivity index (χ2n) is 7.38. The molecule has 0 radical (unpaired) electrons. The van der Waals surface area contributed by atoms with Crippen LogP contribution in [0.5, 0.6) is 0 Å². The van der Waals surface area contributed by atoms with Crippen molar-refractivity contribution in [3.63, 3.8) is 0 Å². The predicted molar refractivity (Wildman–Crippen MR) is 95.1 cm³/mol. The van der Waals surface area contributed by atoms with Gasteiger partial charge in [-0.3, -0.25) is 14.8 Å². The average Bonchev–Trinajstić information content (AvgIpc) is 3.10. The molecule has 140 valence electrons. The summed E-state index contributed by atoms with van der Waals surface area (Å²) in [5.41, 5.74) is 0. The number of hydrogen-bond donors (Lipinski definition) is 1. The Bertz CT molecular complexity index is 574. The minimum absolute atomic E-state index is 0.00953. The Hall–Kier alpha value is -1.47. The molecule has 0 aromatic carbocycles. The molecule has 7 nitrogen and oxygen atoms in total. The number of rotatable bonds is 5. The van der Waals surface area contributed by atoms with Gasteiger partial charge in [0.2, 0.25) is 5.91 Å². The summed E-state index contributed by atoms with van der Waals surface area (Å²) in [6.07, 6.45) is 4.96. The monoisotopic (exact) mass is 349 g/mol. The number of likely N-dealkylation sites (tertiary alicyclic amines) is 1. The number of nitrogens with one attached hydrogen (secondary N) is 1. The first kappa shape index (κ1) is 18.3. The average molecular weight is 349 g/mol. The quantitative estimate of drug-likeness (QED) is 0.879. The first-order valence-corrected chi connectivity index (χ1v) is 9.67. The molecule has 0 spiro atoms. The van der Waals surface area contributed by atoms with E-state index in [2.05, 4.69) is 40.9 Å². The molecule has 1 aromatic rings. The van der Waals surface area contributed by atoms with Gasteiger partial charge in [-0.15, -0.1) is 0 Å². The number of hydrogen-bond acceptors (Lipinski definition) is 5. The zero-order valence-electron chi connectivity index (χ0n) is 15.7. The van der Waals surface area contributed by atoms with E-state index in [0.29, 0.717) is 31.6 Å². The van der Waals surface area contributed by atoms with E-state index < -0.39 is 0 Å². The van der Waals surface area contributed by atoms with Crippen molar-refractivity contribution >= 4 is 5.91 Å². The van der Waals surface area contributed by atoms with Gasteiger partial charge < -0.3 is 9.64 Å². The molecule has 2 saturated heterocycles. The number of ether oxygens (including phenoxy) is 1. The third-order valence-electron chi connectivity index (χ3n) is 5.19. The van der Waals surface area contributed by atoms with Gasteiger partial charge in [0, 0.05) is 19.0 Å². The highest BCUT2D eigenvalue weighted by atomic mass is 16.5. The van der Waals surface area contributed by atoms with E-state index in [-0.39, 0.29) is 18.1 Å². The molecule has 2 fully saturated rings. The Morgan fingerprint density at radius 1 is 1.36 bits per heavy atom. The van der Waals surface area contributed by atoms with Crippen molar-refractivity contribution < 1.29 is 9.53 Å². The largest absolute Gasteiger partial charge is 0.366 e. The van der Waals surface area contributed by atoms with E-state index in [0.717, 1.165) is 38.1 Å². The number of morpholine rings is 1. The lowest BCUT2D eigenvalue weighted by Gasteiger charge is -2.41. The van der Waals surface area contributed by atoms with E-state index in [1.807, 2.05) is 4.90 Å². The Morgan fingerprint density at radius 2 is 2.20 bits per heavy atom. The summed E-state index contributed by atoms with van der Waals surface area (Å²) in [5.74, 6) is 1.80. The van der Waals surface area contributed by atoms with E-state index in [9.17, 15) is 4.79 Å². The molecular formula is C18H31N5O2. The number of amides is 1. The van der Waals surface area contributed by atoms with Crippen LogP contribution in [0.4, 0.5) is 0 Å². The molecule has 0 saturated carbocycles. The van der Waals surface area contributed by atoms with Crippen LogP contribution in [0.15, 0.2) is 0 Å². The lowest BCUT2D eigenvalue weighted by Crippen LogP contribution is -2.55. The number of H-pyrrole nitrogens is 1. The summed E-state index contributed by atoms with van der Waals surface area (Å²) < 4.78 is 5.85. The van der Waals surface area contributed by atoms with Gasteiger partial charge in [0.25, 0.3) is 0 Å². The van der Waals surface area contributed by atoms with Crippen LogP contribution < -0.4 is 0 Å². The van der Waals surface area contributed by atoms with Crippen molar-refractivity contribution in [2.75, 3.05) is 26.2 Å². The van der Waals surface area contributed by atoms with Gasteiger partial charge >= 0.3 is 0 Å². The molecule has 1 N–H and O–H groups in total. The van der Waals surface area contributed by atoms with Crippen molar-refractivity contribution in [2.24, 2.45) is 0 Å². The Morgan fingerprint density at radius 3 is 2.96 bits per heavy atom. The molecular weight excluding hydrogens is 318 g/mol. The van der Waals surface area contributed by atoms with Gasteiger partial charge in [0.1, 0.15) is 11.9 Å². The standard InChI is InChI=1S/C18H31N5O2/c1-4-7-16-19-17(21-20-16)15-12-22(10-11-25-15)18(24)14-8-5-6-9-23(14)13(2)3/h13-15H,4-12H2,1-3H3,(H,19,20,21)/t14-,15-/m0/s1. The fourth-order valence-electron chi connectivity index (χ4n) is 3.86. The molecule has 0 aliphatic carbocycles. The molecule has 2 aliphatic heterocycles. The van der Waals surface area contributed by atoms with Crippen molar-refractivity contribution in [1.82, 2.24) is 25.0 Å². The smallest absolute Gasteiger partial charge is 0.240 e. The molecule has 7 heteroatoms. The highest BCUT2D eigenvalue weighted by Gasteiger charge is 2.36. The van der Waals surface area contributed by atoms with Crippen molar-refractivity contribution in [3.05, 3.63) is 11.6 Å². The SMILES string of the molecule is CCCc1nc([C@@H]2CN(C(=O)[C@@H]3CCCCN3C(C)C)CCO2)n[nH]1. The van der Waals surface area contributed by atoms with Gasteiger partial charge in [-0.2, -0.15) is 5.10 Å². The lowest BCUT2D eigenvalue weighted by molar-refractivity contribution is -0.147. The second-order valence-corrected chi connectivity index (χ2v) is 7.38. The second kappa shape index (κ2) is 8.27. The van der Waals surface area contributed by atoms with E-state index in [1.54, 1.807) is 0 Å². The van der Waals surface area contributed by atoms with Crippen LogP contribution in [0.25, 0.3) is 0 Å². The van der Waals surface area contributed by atoms with Crippen molar-refractivity contribution in [1.29, 1.82) is 0 Å². The van der Waals surface area contributed by atoms with Crippen LogP contribution in [0.3, 0.4) is 0 Å². The molecule has 0 unspecified atom stereocenters. The third-order valence-corrected chi connectivity index (χ3v) is 5.19. The first-order chi connectivity index (χ1) is 12.1. The van der Waals surface area contributed by atoms with Crippen LogP contribution in [0.1, 0.15) is 64.2 Å². The third kappa shape index (κ3) is 4.20. The predicted octanol–water partition coefficient (Wildman–Crippen LogP) is 1.92. The fraction of sp³-hybridized carbons (Fsp3) is 0.833. The zero-order chi connectivity index (χ0) is 17.8. The molecule has 3 heterocycles. The first-order valence-electron chi connectivity index (χ1n) is 9.67. The Labute approximate surface area is 150 Å².